The molecular formula is C28H23N3O7. The van der Waals surface area contributed by atoms with Crippen LogP contribution in [0.1, 0.15) is 20.7 Å². The number of amides is 2. The normalized spacial score (nSPS) is 10.6. The third-order valence-corrected chi connectivity index (χ3v) is 5.84. The Morgan fingerprint density at radius 3 is 2.13 bits per heavy atom. The highest BCUT2D eigenvalue weighted by molar-refractivity contribution is 6.40. The Morgan fingerprint density at radius 2 is 1.50 bits per heavy atom. The number of phenolic OH excluding ortho intramolecular Hbond substituents is 1. The van der Waals surface area contributed by atoms with E-state index >= 15 is 0 Å². The molecule has 0 aliphatic rings. The topological polar surface area (TPSA) is 147 Å². The maximum Gasteiger partial charge on any atom is 0.395 e. The Labute approximate surface area is 217 Å². The first-order valence-electron chi connectivity index (χ1n) is 11.3. The summed E-state index contributed by atoms with van der Waals surface area (Å²) < 4.78 is 0. The van der Waals surface area contributed by atoms with Crippen LogP contribution in [0.25, 0.3) is 10.8 Å². The first-order chi connectivity index (χ1) is 18.1. The molecule has 38 heavy (non-hydrogen) atoms. The molecule has 0 heterocycles. The van der Waals surface area contributed by atoms with E-state index in [0.29, 0.717) is 16.3 Å². The van der Waals surface area contributed by atoms with Gasteiger partial charge in [0.15, 0.2) is 0 Å². The van der Waals surface area contributed by atoms with Gasteiger partial charge < -0.3 is 25.5 Å². The van der Waals surface area contributed by atoms with Crippen LogP contribution in [0.15, 0.2) is 78.9 Å². The lowest BCUT2D eigenvalue weighted by molar-refractivity contribution is -0.148. The lowest BCUT2D eigenvalue weighted by atomic mass is 10.0. The largest absolute Gasteiger partial charge is 0.508 e. The van der Waals surface area contributed by atoms with E-state index in [9.17, 15) is 34.5 Å². The van der Waals surface area contributed by atoms with Crippen molar-refractivity contribution in [1.82, 2.24) is 0 Å². The molecule has 0 saturated carbocycles. The minimum Gasteiger partial charge on any atom is -0.508 e. The molecule has 0 radical (unpaired) electrons. The van der Waals surface area contributed by atoms with Gasteiger partial charge >= 0.3 is 17.8 Å². The monoisotopic (exact) mass is 513 g/mol. The molecule has 0 aromatic heterocycles. The molecule has 0 bridgehead atoms. The quantitative estimate of drug-likeness (QED) is 0.279. The molecule has 10 heteroatoms. The molecule has 0 spiro atoms. The number of anilines is 4. The van der Waals surface area contributed by atoms with Gasteiger partial charge in [0.1, 0.15) is 5.75 Å². The van der Waals surface area contributed by atoms with E-state index < -0.39 is 23.8 Å². The zero-order valence-electron chi connectivity index (χ0n) is 20.4. The Balaban J connectivity index is 1.83. The van der Waals surface area contributed by atoms with Crippen LogP contribution in [0, 0.1) is 0 Å². The van der Waals surface area contributed by atoms with E-state index in [0.717, 1.165) is 10.6 Å². The number of aliphatic carboxylic acids is 1. The summed E-state index contributed by atoms with van der Waals surface area (Å²) in [5.74, 6) is -5.29. The van der Waals surface area contributed by atoms with Crippen LogP contribution in [-0.4, -0.2) is 53.2 Å². The molecule has 0 fully saturated rings. The highest BCUT2D eigenvalue weighted by atomic mass is 16.4. The second kappa shape index (κ2) is 10.3. The molecular weight excluding hydrogens is 490 g/mol. The number of benzene rings is 4. The van der Waals surface area contributed by atoms with Gasteiger partial charge in [-0.2, -0.15) is 0 Å². The second-order valence-corrected chi connectivity index (χ2v) is 8.56. The lowest BCUT2D eigenvalue weighted by Crippen LogP contribution is -2.34. The van der Waals surface area contributed by atoms with Gasteiger partial charge in [-0.15, -0.1) is 0 Å². The molecule has 10 nitrogen and oxygen atoms in total. The summed E-state index contributed by atoms with van der Waals surface area (Å²) >= 11 is 0. The number of nitrogens with one attached hydrogen (secondary N) is 1. The summed E-state index contributed by atoms with van der Waals surface area (Å²) in [6.07, 6.45) is 0. The number of hydrogen-bond donors (Lipinski definition) is 4. The number of carbonyl (C=O) groups excluding carboxylic acids is 2. The molecule has 0 atom stereocenters. The zero-order chi connectivity index (χ0) is 27.6. The summed E-state index contributed by atoms with van der Waals surface area (Å²) in [6, 6.07) is 19.6. The van der Waals surface area contributed by atoms with Crippen molar-refractivity contribution in [1.29, 1.82) is 0 Å². The number of aromatic carboxylic acids is 1. The van der Waals surface area contributed by atoms with Crippen molar-refractivity contribution in [2.75, 3.05) is 29.2 Å². The molecule has 4 aromatic carbocycles. The fraction of sp³-hybridized carbons (Fsp3) is 0.0714. The van der Waals surface area contributed by atoms with Crippen LogP contribution in [0.2, 0.25) is 0 Å². The van der Waals surface area contributed by atoms with Crippen molar-refractivity contribution < 1.29 is 34.5 Å². The molecule has 4 rings (SSSR count). The minimum atomic E-state index is -1.83. The first kappa shape index (κ1) is 25.7. The molecule has 2 amide bonds. The number of hydrogen-bond acceptors (Lipinski definition) is 6. The van der Waals surface area contributed by atoms with Crippen LogP contribution >= 0.6 is 0 Å². The van der Waals surface area contributed by atoms with Crippen LogP contribution in [-0.2, 0) is 9.59 Å². The number of carboxylic acid groups (broad SMARTS) is 2. The standard InChI is InChI=1S/C28H23N3O7/c1-30(2)19-10-6-17(7-11-19)25(33)29-18-9-13-21(27(35)36)24(14-18)31(26(34)28(37)38)23-5-3-4-16-8-12-20(32)15-22(16)23/h3-15,32H,1-2H3,(H,29,33)(H,35,36)(H,37,38). The number of carboxylic acids is 2. The fourth-order valence-corrected chi connectivity index (χ4v) is 3.97. The van der Waals surface area contributed by atoms with Crippen molar-refractivity contribution in [3.05, 3.63) is 90.0 Å². The van der Waals surface area contributed by atoms with E-state index in [1.807, 2.05) is 19.0 Å². The Bertz CT molecular complexity index is 1580. The number of carbonyl (C=O) groups is 4. The van der Waals surface area contributed by atoms with Crippen LogP contribution in [0.3, 0.4) is 0 Å². The third-order valence-electron chi connectivity index (χ3n) is 5.84. The summed E-state index contributed by atoms with van der Waals surface area (Å²) in [5.41, 5.74) is 0.752. The lowest BCUT2D eigenvalue weighted by Gasteiger charge is -2.25. The van der Waals surface area contributed by atoms with Crippen LogP contribution in [0.4, 0.5) is 22.7 Å². The molecule has 4 aromatic rings. The zero-order valence-corrected chi connectivity index (χ0v) is 20.4. The van der Waals surface area contributed by atoms with E-state index in [1.54, 1.807) is 42.5 Å². The van der Waals surface area contributed by atoms with Crippen molar-refractivity contribution in [2.24, 2.45) is 0 Å². The van der Waals surface area contributed by atoms with Crippen molar-refractivity contribution >= 4 is 57.3 Å². The van der Waals surface area contributed by atoms with Gasteiger partial charge in [0.05, 0.1) is 16.9 Å². The smallest absolute Gasteiger partial charge is 0.395 e. The molecule has 0 aliphatic carbocycles. The summed E-state index contributed by atoms with van der Waals surface area (Å²) in [5, 5.41) is 33.0. The van der Waals surface area contributed by atoms with Crippen molar-refractivity contribution in [2.45, 2.75) is 0 Å². The number of nitrogens with zero attached hydrogens (tertiary/aromatic N) is 2. The van der Waals surface area contributed by atoms with E-state index in [4.69, 9.17) is 0 Å². The van der Waals surface area contributed by atoms with Crippen molar-refractivity contribution in [3.8, 4) is 5.75 Å². The third kappa shape index (κ3) is 5.09. The predicted octanol–water partition coefficient (Wildman–Crippen LogP) is 4.31. The van der Waals surface area contributed by atoms with Gasteiger partial charge in [-0.1, -0.05) is 18.2 Å². The number of aromatic hydroxyl groups is 1. The Kier molecular flexibility index (Phi) is 6.98. The maximum absolute atomic E-state index is 13.0. The number of phenols is 1. The average molecular weight is 514 g/mol. The Morgan fingerprint density at radius 1 is 0.789 bits per heavy atom. The summed E-state index contributed by atoms with van der Waals surface area (Å²) in [6.45, 7) is 0. The first-order valence-corrected chi connectivity index (χ1v) is 11.3. The number of rotatable bonds is 6. The molecule has 0 aliphatic heterocycles. The average Bonchev–Trinajstić information content (AvgIpc) is 2.89. The van der Waals surface area contributed by atoms with Gasteiger partial charge in [-0.05, 0) is 66.0 Å². The van der Waals surface area contributed by atoms with Gasteiger partial charge in [0.2, 0.25) is 0 Å². The summed E-state index contributed by atoms with van der Waals surface area (Å²) in [7, 11) is 3.73. The highest BCUT2D eigenvalue weighted by Gasteiger charge is 2.30. The van der Waals surface area contributed by atoms with E-state index in [1.165, 1.54) is 36.4 Å². The fourth-order valence-electron chi connectivity index (χ4n) is 3.97. The van der Waals surface area contributed by atoms with Crippen LogP contribution in [0.5, 0.6) is 5.75 Å². The van der Waals surface area contributed by atoms with E-state index in [2.05, 4.69) is 5.32 Å². The van der Waals surface area contributed by atoms with Gasteiger partial charge in [-0.3, -0.25) is 14.5 Å². The molecule has 4 N–H and O–H groups in total. The van der Waals surface area contributed by atoms with E-state index in [-0.39, 0.29) is 28.4 Å². The van der Waals surface area contributed by atoms with Gasteiger partial charge in [0, 0.05) is 36.4 Å². The van der Waals surface area contributed by atoms with Gasteiger partial charge in [0.25, 0.3) is 5.91 Å². The SMILES string of the molecule is CN(C)c1ccc(C(=O)Nc2ccc(C(=O)O)c(N(C(=O)C(=O)O)c3cccc4ccc(O)cc34)c2)cc1. The van der Waals surface area contributed by atoms with Crippen LogP contribution < -0.4 is 15.1 Å². The minimum absolute atomic E-state index is 0.0380. The second-order valence-electron chi connectivity index (χ2n) is 8.56. The number of fused-ring (bicyclic) bond motifs is 1. The predicted molar refractivity (Wildman–Crippen MR) is 143 cm³/mol. The molecule has 0 unspecified atom stereocenters. The highest BCUT2D eigenvalue weighted by Crippen LogP contribution is 2.37. The molecule has 0 saturated heterocycles. The van der Waals surface area contributed by atoms with Crippen molar-refractivity contribution in [3.63, 3.8) is 0 Å². The van der Waals surface area contributed by atoms with Gasteiger partial charge in [-0.25, -0.2) is 9.59 Å². The Hall–Kier alpha value is -5.38. The summed E-state index contributed by atoms with van der Waals surface area (Å²) in [4.78, 5) is 52.4. The maximum atomic E-state index is 13.0. The molecule has 192 valence electrons.